The first-order chi connectivity index (χ1) is 9.95. The zero-order chi connectivity index (χ0) is 15.8. The average Bonchev–Trinajstić information content (AvgIpc) is 2.47. The van der Waals surface area contributed by atoms with E-state index in [4.69, 9.17) is 4.74 Å². The Kier molecular flexibility index (Phi) is 7.45. The molecule has 0 saturated carbocycles. The molecule has 1 rings (SSSR count). The molecule has 2 N–H and O–H groups in total. The van der Waals surface area contributed by atoms with E-state index >= 15 is 0 Å². The number of carbonyl (C=O) groups is 2. The number of methoxy groups -OCH3 is 1. The molecule has 1 fully saturated rings. The summed E-state index contributed by atoms with van der Waals surface area (Å²) in [6, 6.07) is 0.0983. The van der Waals surface area contributed by atoms with Crippen molar-refractivity contribution >= 4 is 11.9 Å². The van der Waals surface area contributed by atoms with Gasteiger partial charge in [0.25, 0.3) is 0 Å². The molecule has 1 aliphatic heterocycles. The van der Waals surface area contributed by atoms with Crippen molar-refractivity contribution in [2.45, 2.75) is 31.8 Å². The quantitative estimate of drug-likeness (QED) is 0.670. The van der Waals surface area contributed by atoms with Gasteiger partial charge in [0.05, 0.1) is 12.6 Å². The summed E-state index contributed by atoms with van der Waals surface area (Å²) in [5.74, 6) is -0.0150. The van der Waals surface area contributed by atoms with Gasteiger partial charge in [0.2, 0.25) is 5.91 Å². The second kappa shape index (κ2) is 8.84. The predicted octanol–water partition coefficient (Wildman–Crippen LogP) is -0.127. The molecule has 122 valence electrons. The number of nitrogens with one attached hydrogen (secondary N) is 2. The molecule has 0 bridgehead atoms. The van der Waals surface area contributed by atoms with E-state index in [1.165, 1.54) is 0 Å². The fourth-order valence-corrected chi connectivity index (χ4v) is 2.38. The number of hydrogen-bond acceptors (Lipinski definition) is 4. The van der Waals surface area contributed by atoms with Crippen molar-refractivity contribution in [3.63, 3.8) is 0 Å². The van der Waals surface area contributed by atoms with Gasteiger partial charge < -0.3 is 25.2 Å². The van der Waals surface area contributed by atoms with E-state index in [-0.39, 0.29) is 24.0 Å². The topological polar surface area (TPSA) is 73.9 Å². The summed E-state index contributed by atoms with van der Waals surface area (Å²) in [5.41, 5.74) is 0. The molecule has 7 nitrogen and oxygen atoms in total. The summed E-state index contributed by atoms with van der Waals surface area (Å²) >= 11 is 0. The van der Waals surface area contributed by atoms with Crippen molar-refractivity contribution in [1.82, 2.24) is 20.4 Å². The number of piperidine rings is 1. The maximum Gasteiger partial charge on any atom is 0.319 e. The van der Waals surface area contributed by atoms with E-state index in [0.717, 1.165) is 25.9 Å². The van der Waals surface area contributed by atoms with Crippen LogP contribution in [-0.2, 0) is 9.53 Å². The number of nitrogens with zero attached hydrogens (tertiary/aromatic N) is 2. The van der Waals surface area contributed by atoms with E-state index in [1.54, 1.807) is 26.1 Å². The van der Waals surface area contributed by atoms with Crippen LogP contribution in [0.25, 0.3) is 0 Å². The van der Waals surface area contributed by atoms with E-state index in [0.29, 0.717) is 13.2 Å². The molecule has 1 aliphatic rings. The lowest BCUT2D eigenvalue weighted by molar-refractivity contribution is -0.123. The molecule has 0 aliphatic carbocycles. The van der Waals surface area contributed by atoms with Crippen molar-refractivity contribution in [3.05, 3.63) is 0 Å². The van der Waals surface area contributed by atoms with Gasteiger partial charge in [-0.05, 0) is 19.8 Å². The van der Waals surface area contributed by atoms with E-state index in [9.17, 15) is 9.59 Å². The first-order valence-electron chi connectivity index (χ1n) is 7.44. The Morgan fingerprint density at radius 1 is 1.33 bits per heavy atom. The van der Waals surface area contributed by atoms with Gasteiger partial charge in [-0.1, -0.05) is 0 Å². The minimum Gasteiger partial charge on any atom is -0.383 e. The van der Waals surface area contributed by atoms with Gasteiger partial charge in [-0.2, -0.15) is 0 Å². The number of carbonyl (C=O) groups excluding carboxylic acids is 2. The van der Waals surface area contributed by atoms with Crippen LogP contribution in [0.1, 0.15) is 19.8 Å². The third-order valence-electron chi connectivity index (χ3n) is 3.63. The van der Waals surface area contributed by atoms with Gasteiger partial charge in [0.1, 0.15) is 0 Å². The van der Waals surface area contributed by atoms with Crippen molar-refractivity contribution in [3.8, 4) is 0 Å². The monoisotopic (exact) mass is 300 g/mol. The standard InChI is InChI=1S/C14H28N4O3/c1-11(13(19)15-7-10-21-4)16-12-5-8-18(9-6-12)14(20)17(2)3/h11-12,16H,5-10H2,1-4H3,(H,15,19). The Labute approximate surface area is 127 Å². The Morgan fingerprint density at radius 3 is 2.48 bits per heavy atom. The summed E-state index contributed by atoms with van der Waals surface area (Å²) < 4.78 is 4.90. The van der Waals surface area contributed by atoms with Gasteiger partial charge in [-0.25, -0.2) is 4.79 Å². The minimum absolute atomic E-state index is 0.0150. The van der Waals surface area contributed by atoms with Gasteiger partial charge >= 0.3 is 6.03 Å². The summed E-state index contributed by atoms with van der Waals surface area (Å²) in [7, 11) is 5.13. The molecular formula is C14H28N4O3. The largest absolute Gasteiger partial charge is 0.383 e. The lowest BCUT2D eigenvalue weighted by Gasteiger charge is -2.35. The molecule has 1 saturated heterocycles. The van der Waals surface area contributed by atoms with E-state index in [1.807, 2.05) is 11.8 Å². The van der Waals surface area contributed by atoms with Gasteiger partial charge in [-0.3, -0.25) is 4.79 Å². The van der Waals surface area contributed by atoms with Crippen LogP contribution in [-0.4, -0.2) is 81.3 Å². The number of hydrogen-bond donors (Lipinski definition) is 2. The highest BCUT2D eigenvalue weighted by molar-refractivity contribution is 5.81. The summed E-state index contributed by atoms with van der Waals surface area (Å²) in [6.07, 6.45) is 1.74. The molecule has 0 aromatic rings. The molecule has 0 spiro atoms. The smallest absolute Gasteiger partial charge is 0.319 e. The van der Waals surface area contributed by atoms with Crippen LogP contribution in [0.2, 0.25) is 0 Å². The Morgan fingerprint density at radius 2 is 1.95 bits per heavy atom. The SMILES string of the molecule is COCCNC(=O)C(C)NC1CCN(C(=O)N(C)C)CC1. The van der Waals surface area contributed by atoms with Crippen molar-refractivity contribution < 1.29 is 14.3 Å². The lowest BCUT2D eigenvalue weighted by atomic mass is 10.0. The lowest BCUT2D eigenvalue weighted by Crippen LogP contribution is -2.52. The van der Waals surface area contributed by atoms with Crippen LogP contribution < -0.4 is 10.6 Å². The third-order valence-corrected chi connectivity index (χ3v) is 3.63. The molecule has 0 aromatic carbocycles. The van der Waals surface area contributed by atoms with Crippen LogP contribution >= 0.6 is 0 Å². The van der Waals surface area contributed by atoms with Crippen LogP contribution in [0.5, 0.6) is 0 Å². The molecule has 1 heterocycles. The zero-order valence-electron chi connectivity index (χ0n) is 13.5. The summed E-state index contributed by atoms with van der Waals surface area (Å²) in [5, 5.41) is 6.15. The maximum atomic E-state index is 11.9. The van der Waals surface area contributed by atoms with Crippen molar-refractivity contribution in [2.75, 3.05) is 47.4 Å². The normalized spacial score (nSPS) is 17.4. The van der Waals surface area contributed by atoms with Crippen LogP contribution in [0, 0.1) is 0 Å². The van der Waals surface area contributed by atoms with E-state index < -0.39 is 0 Å². The number of ether oxygens (including phenoxy) is 1. The highest BCUT2D eigenvalue weighted by Crippen LogP contribution is 2.12. The van der Waals surface area contributed by atoms with E-state index in [2.05, 4.69) is 10.6 Å². The molecule has 0 radical (unpaired) electrons. The number of amides is 3. The molecule has 0 aromatic heterocycles. The zero-order valence-corrected chi connectivity index (χ0v) is 13.5. The summed E-state index contributed by atoms with van der Waals surface area (Å²) in [4.78, 5) is 27.1. The van der Waals surface area contributed by atoms with Crippen LogP contribution in [0.3, 0.4) is 0 Å². The predicted molar refractivity (Wildman–Crippen MR) is 81.2 cm³/mol. The van der Waals surface area contributed by atoms with Crippen molar-refractivity contribution in [1.29, 1.82) is 0 Å². The maximum absolute atomic E-state index is 11.9. The van der Waals surface area contributed by atoms with Crippen LogP contribution in [0.4, 0.5) is 4.79 Å². The number of likely N-dealkylation sites (tertiary alicyclic amines) is 1. The van der Waals surface area contributed by atoms with Gasteiger partial charge in [0.15, 0.2) is 0 Å². The Bertz CT molecular complexity index is 341. The first kappa shape index (κ1) is 17.7. The molecule has 1 unspecified atom stereocenters. The second-order valence-corrected chi connectivity index (χ2v) is 5.61. The fourth-order valence-electron chi connectivity index (χ4n) is 2.38. The Hall–Kier alpha value is -1.34. The first-order valence-corrected chi connectivity index (χ1v) is 7.44. The number of rotatable bonds is 6. The highest BCUT2D eigenvalue weighted by atomic mass is 16.5. The molecule has 3 amide bonds. The van der Waals surface area contributed by atoms with Gasteiger partial charge in [0, 0.05) is 46.9 Å². The van der Waals surface area contributed by atoms with Crippen molar-refractivity contribution in [2.24, 2.45) is 0 Å². The molecular weight excluding hydrogens is 272 g/mol. The number of urea groups is 1. The minimum atomic E-state index is -0.233. The molecule has 21 heavy (non-hydrogen) atoms. The second-order valence-electron chi connectivity index (χ2n) is 5.61. The molecule has 1 atom stereocenters. The van der Waals surface area contributed by atoms with Crippen LogP contribution in [0.15, 0.2) is 0 Å². The summed E-state index contributed by atoms with van der Waals surface area (Å²) in [6.45, 7) is 4.36. The Balaban J connectivity index is 2.28. The molecule has 7 heteroatoms. The fraction of sp³-hybridized carbons (Fsp3) is 0.857. The highest BCUT2D eigenvalue weighted by Gasteiger charge is 2.25. The average molecular weight is 300 g/mol. The van der Waals surface area contributed by atoms with Gasteiger partial charge in [-0.15, -0.1) is 0 Å². The third kappa shape index (κ3) is 5.89.